The summed E-state index contributed by atoms with van der Waals surface area (Å²) >= 11 is 21.9. The standard InChI is InChI=1S/C24H20BrCl3N2O5/c1-11-19(7-6-16(25)21(11)28)29-20(31)10-35-24(34)12-2-4-13(5-3-12)30-22(32)14-8-17(26)18(27)9-15(14)23(30)33/h2-7,14-15,17-18H,8-10H2,1H3,(H,29,31)/t14-,15-,17-,18+/m1/s1. The molecule has 3 amide bonds. The second-order valence-corrected chi connectivity index (χ2v) is 10.8. The summed E-state index contributed by atoms with van der Waals surface area (Å²) in [5.41, 5.74) is 1.70. The van der Waals surface area contributed by atoms with E-state index in [-0.39, 0.29) is 28.1 Å². The maximum absolute atomic E-state index is 12.9. The van der Waals surface area contributed by atoms with Crippen LogP contribution in [0.15, 0.2) is 40.9 Å². The van der Waals surface area contributed by atoms with Crippen molar-refractivity contribution in [1.82, 2.24) is 0 Å². The molecule has 4 atom stereocenters. The number of benzene rings is 2. The molecular weight excluding hydrogens is 583 g/mol. The lowest BCUT2D eigenvalue weighted by molar-refractivity contribution is -0.122. The number of hydrogen-bond donors (Lipinski definition) is 1. The van der Waals surface area contributed by atoms with Gasteiger partial charge in [0.15, 0.2) is 6.61 Å². The Bertz CT molecular complexity index is 1180. The van der Waals surface area contributed by atoms with Gasteiger partial charge in [0, 0.05) is 10.2 Å². The zero-order valence-corrected chi connectivity index (χ0v) is 22.2. The Morgan fingerprint density at radius 2 is 1.60 bits per heavy atom. The maximum Gasteiger partial charge on any atom is 0.338 e. The highest BCUT2D eigenvalue weighted by molar-refractivity contribution is 9.10. The number of imide groups is 1. The summed E-state index contributed by atoms with van der Waals surface area (Å²) in [5.74, 6) is -2.86. The van der Waals surface area contributed by atoms with Gasteiger partial charge in [-0.25, -0.2) is 4.79 Å². The van der Waals surface area contributed by atoms with Gasteiger partial charge in [-0.05, 0) is 77.7 Å². The van der Waals surface area contributed by atoms with Crippen molar-refractivity contribution in [2.24, 2.45) is 11.8 Å². The number of nitrogens with one attached hydrogen (secondary N) is 1. The molecule has 2 aromatic rings. The van der Waals surface area contributed by atoms with Gasteiger partial charge < -0.3 is 10.1 Å². The van der Waals surface area contributed by atoms with Crippen molar-refractivity contribution in [3.8, 4) is 0 Å². The topological polar surface area (TPSA) is 92.8 Å². The second kappa shape index (κ2) is 10.5. The number of ether oxygens (including phenoxy) is 1. The fourth-order valence-corrected chi connectivity index (χ4v) is 5.47. The highest BCUT2D eigenvalue weighted by Crippen LogP contribution is 2.43. The smallest absolute Gasteiger partial charge is 0.338 e. The summed E-state index contributed by atoms with van der Waals surface area (Å²) in [6.45, 7) is 1.25. The summed E-state index contributed by atoms with van der Waals surface area (Å²) in [4.78, 5) is 51.5. The van der Waals surface area contributed by atoms with Gasteiger partial charge in [0.05, 0.1) is 38.9 Å². The number of nitrogens with zero attached hydrogens (tertiary/aromatic N) is 1. The molecule has 2 aliphatic rings. The van der Waals surface area contributed by atoms with E-state index in [1.54, 1.807) is 19.1 Å². The molecule has 1 saturated carbocycles. The lowest BCUT2D eigenvalue weighted by Crippen LogP contribution is -2.34. The van der Waals surface area contributed by atoms with Crippen LogP contribution in [0, 0.1) is 18.8 Å². The van der Waals surface area contributed by atoms with Crippen LogP contribution in [-0.4, -0.2) is 41.1 Å². The minimum absolute atomic E-state index is 0.169. The highest BCUT2D eigenvalue weighted by atomic mass is 79.9. The number of amides is 3. The quantitative estimate of drug-likeness (QED) is 0.284. The molecule has 0 aromatic heterocycles. The molecule has 1 saturated heterocycles. The van der Waals surface area contributed by atoms with Gasteiger partial charge >= 0.3 is 5.97 Å². The van der Waals surface area contributed by atoms with Crippen LogP contribution in [0.3, 0.4) is 0 Å². The second-order valence-electron chi connectivity index (χ2n) is 8.43. The number of hydrogen-bond acceptors (Lipinski definition) is 5. The molecule has 1 aliphatic carbocycles. The van der Waals surface area contributed by atoms with E-state index in [4.69, 9.17) is 39.5 Å². The van der Waals surface area contributed by atoms with Crippen molar-refractivity contribution in [2.75, 3.05) is 16.8 Å². The lowest BCUT2D eigenvalue weighted by Gasteiger charge is -2.28. The Balaban J connectivity index is 1.37. The third-order valence-corrected chi connectivity index (χ3v) is 8.69. The number of rotatable bonds is 5. The number of alkyl halides is 2. The summed E-state index contributed by atoms with van der Waals surface area (Å²) in [6, 6.07) is 9.24. The molecular formula is C24H20BrCl3N2O5. The van der Waals surface area contributed by atoms with Gasteiger partial charge in [-0.1, -0.05) is 11.6 Å². The molecule has 7 nitrogen and oxygen atoms in total. The highest BCUT2D eigenvalue weighted by Gasteiger charge is 2.52. The molecule has 11 heteroatoms. The van der Waals surface area contributed by atoms with Crippen molar-refractivity contribution in [2.45, 2.75) is 30.5 Å². The molecule has 0 spiro atoms. The van der Waals surface area contributed by atoms with Crippen molar-refractivity contribution in [3.05, 3.63) is 57.0 Å². The molecule has 0 radical (unpaired) electrons. The number of anilines is 2. The summed E-state index contributed by atoms with van der Waals surface area (Å²) in [6.07, 6.45) is 0.694. The fraction of sp³-hybridized carbons (Fsp3) is 0.333. The largest absolute Gasteiger partial charge is 0.452 e. The van der Waals surface area contributed by atoms with Gasteiger partial charge in [0.1, 0.15) is 0 Å². The van der Waals surface area contributed by atoms with Crippen LogP contribution in [-0.2, 0) is 19.1 Å². The Hall–Kier alpha value is -2.13. The van der Waals surface area contributed by atoms with Gasteiger partial charge in [0.2, 0.25) is 11.8 Å². The third kappa shape index (κ3) is 5.21. The summed E-state index contributed by atoms with van der Waals surface area (Å²) in [5, 5.41) is 2.39. The van der Waals surface area contributed by atoms with Crippen molar-refractivity contribution < 1.29 is 23.9 Å². The number of carbonyl (C=O) groups is 4. The Morgan fingerprint density at radius 3 is 2.17 bits per heavy atom. The van der Waals surface area contributed by atoms with E-state index >= 15 is 0 Å². The van der Waals surface area contributed by atoms with Gasteiger partial charge in [0.25, 0.3) is 5.91 Å². The molecule has 1 aliphatic heterocycles. The van der Waals surface area contributed by atoms with E-state index in [0.717, 1.165) is 4.90 Å². The fourth-order valence-electron chi connectivity index (χ4n) is 4.28. The lowest BCUT2D eigenvalue weighted by atomic mass is 9.80. The Kier molecular flexibility index (Phi) is 7.76. The van der Waals surface area contributed by atoms with Gasteiger partial charge in [-0.15, -0.1) is 23.2 Å². The average molecular weight is 603 g/mol. The molecule has 0 bridgehead atoms. The van der Waals surface area contributed by atoms with E-state index in [2.05, 4.69) is 21.2 Å². The van der Waals surface area contributed by atoms with Crippen molar-refractivity contribution >= 4 is 85.8 Å². The number of carbonyl (C=O) groups excluding carboxylic acids is 4. The first-order chi connectivity index (χ1) is 16.6. The molecule has 184 valence electrons. The van der Waals surface area contributed by atoms with Crippen LogP contribution < -0.4 is 10.2 Å². The molecule has 2 aromatic carbocycles. The molecule has 1 heterocycles. The monoisotopic (exact) mass is 600 g/mol. The van der Waals surface area contributed by atoms with Crippen LogP contribution in [0.4, 0.5) is 11.4 Å². The average Bonchev–Trinajstić information content (AvgIpc) is 3.07. The summed E-state index contributed by atoms with van der Waals surface area (Å²) < 4.78 is 5.80. The van der Waals surface area contributed by atoms with Crippen LogP contribution in [0.2, 0.25) is 5.02 Å². The molecule has 2 fully saturated rings. The predicted molar refractivity (Wildman–Crippen MR) is 137 cm³/mol. The molecule has 0 unspecified atom stereocenters. The van der Waals surface area contributed by atoms with Crippen LogP contribution in [0.5, 0.6) is 0 Å². The maximum atomic E-state index is 12.9. The minimum atomic E-state index is -0.722. The number of fused-ring (bicyclic) bond motifs is 1. The van der Waals surface area contributed by atoms with E-state index in [9.17, 15) is 19.2 Å². The first-order valence-electron chi connectivity index (χ1n) is 10.8. The van der Waals surface area contributed by atoms with Gasteiger partial charge in [-0.2, -0.15) is 0 Å². The normalized spacial score (nSPS) is 23.7. The molecule has 4 rings (SSSR count). The Morgan fingerprint density at radius 1 is 1.03 bits per heavy atom. The van der Waals surface area contributed by atoms with Crippen molar-refractivity contribution in [3.63, 3.8) is 0 Å². The van der Waals surface area contributed by atoms with E-state index in [0.29, 0.717) is 39.3 Å². The number of esters is 1. The van der Waals surface area contributed by atoms with Crippen LogP contribution in [0.25, 0.3) is 0 Å². The van der Waals surface area contributed by atoms with Crippen LogP contribution in [0.1, 0.15) is 28.8 Å². The predicted octanol–water partition coefficient (Wildman–Crippen LogP) is 5.32. The molecule has 35 heavy (non-hydrogen) atoms. The van der Waals surface area contributed by atoms with E-state index in [1.165, 1.54) is 24.3 Å². The Labute approximate surface area is 225 Å². The van der Waals surface area contributed by atoms with Crippen LogP contribution >= 0.6 is 50.7 Å². The number of halogens is 4. The summed E-state index contributed by atoms with van der Waals surface area (Å²) in [7, 11) is 0. The zero-order valence-electron chi connectivity index (χ0n) is 18.4. The molecule has 1 N–H and O–H groups in total. The van der Waals surface area contributed by atoms with E-state index in [1.807, 2.05) is 0 Å². The first kappa shape index (κ1) is 25.9. The first-order valence-corrected chi connectivity index (χ1v) is 12.8. The van der Waals surface area contributed by atoms with E-state index < -0.39 is 30.3 Å². The van der Waals surface area contributed by atoms with Gasteiger partial charge in [-0.3, -0.25) is 19.3 Å². The minimum Gasteiger partial charge on any atom is -0.452 e. The van der Waals surface area contributed by atoms with Crippen molar-refractivity contribution in [1.29, 1.82) is 0 Å². The zero-order chi connectivity index (χ0) is 25.4. The third-order valence-electron chi connectivity index (χ3n) is 6.22. The SMILES string of the molecule is Cc1c(NC(=O)COC(=O)c2ccc(N3C(=O)[C@@H]4C[C@@H](Cl)[C@@H](Cl)C[C@H]4C3=O)cc2)ccc(Br)c1Cl.